The minimum absolute atomic E-state index is 0.263. The number of tetrazole rings is 1. The maximum atomic E-state index is 12.0. The summed E-state index contributed by atoms with van der Waals surface area (Å²) in [4.78, 5) is 12.0. The molecule has 0 aliphatic heterocycles. The second-order valence-corrected chi connectivity index (χ2v) is 4.28. The molecular formula is C11H12ClN5O. The Kier molecular flexibility index (Phi) is 3.57. The first-order valence-corrected chi connectivity index (χ1v) is 5.76. The molecule has 2 N–H and O–H groups in total. The number of hydrogen-bond donors (Lipinski definition) is 2. The lowest BCUT2D eigenvalue weighted by Crippen LogP contribution is -2.27. The highest BCUT2D eigenvalue weighted by atomic mass is 35.5. The van der Waals surface area contributed by atoms with E-state index >= 15 is 0 Å². The van der Waals surface area contributed by atoms with E-state index in [-0.39, 0.29) is 11.9 Å². The van der Waals surface area contributed by atoms with Crippen LogP contribution in [0.25, 0.3) is 0 Å². The highest BCUT2D eigenvalue weighted by Gasteiger charge is 2.17. The molecule has 0 spiro atoms. The van der Waals surface area contributed by atoms with Gasteiger partial charge in [-0.25, -0.2) is 0 Å². The van der Waals surface area contributed by atoms with Crippen molar-refractivity contribution in [2.75, 3.05) is 0 Å². The number of hydrogen-bond acceptors (Lipinski definition) is 4. The lowest BCUT2D eigenvalue weighted by Gasteiger charge is -2.11. The van der Waals surface area contributed by atoms with Gasteiger partial charge in [0.15, 0.2) is 5.82 Å². The number of nitrogens with zero attached hydrogens (tertiary/aromatic N) is 3. The van der Waals surface area contributed by atoms with Crippen molar-refractivity contribution in [2.24, 2.45) is 0 Å². The lowest BCUT2D eigenvalue weighted by atomic mass is 10.1. The van der Waals surface area contributed by atoms with E-state index in [9.17, 15) is 4.79 Å². The van der Waals surface area contributed by atoms with Crippen molar-refractivity contribution in [3.63, 3.8) is 0 Å². The average Bonchev–Trinajstić information content (AvgIpc) is 2.86. The Hall–Kier alpha value is -1.95. The molecule has 0 aliphatic rings. The maximum Gasteiger partial charge on any atom is 0.253 e. The van der Waals surface area contributed by atoms with Gasteiger partial charge in [0.2, 0.25) is 0 Å². The highest BCUT2D eigenvalue weighted by molar-refractivity contribution is 6.34. The zero-order valence-electron chi connectivity index (χ0n) is 9.94. The van der Waals surface area contributed by atoms with Crippen molar-refractivity contribution in [3.05, 3.63) is 40.2 Å². The fraction of sp³-hybridized carbons (Fsp3) is 0.273. The molecule has 94 valence electrons. The van der Waals surface area contributed by atoms with Crippen LogP contribution in [0.15, 0.2) is 18.2 Å². The van der Waals surface area contributed by atoms with Crippen LogP contribution in [-0.4, -0.2) is 26.5 Å². The Morgan fingerprint density at radius 3 is 2.94 bits per heavy atom. The van der Waals surface area contributed by atoms with Gasteiger partial charge in [0.25, 0.3) is 5.91 Å². The number of halogens is 1. The minimum Gasteiger partial charge on any atom is -0.342 e. The molecule has 0 saturated heterocycles. The molecule has 2 aromatic rings. The molecule has 7 heteroatoms. The molecule has 0 aliphatic carbocycles. The van der Waals surface area contributed by atoms with Crippen LogP contribution in [0.2, 0.25) is 5.02 Å². The van der Waals surface area contributed by atoms with E-state index in [1.807, 2.05) is 13.0 Å². The van der Waals surface area contributed by atoms with Crippen LogP contribution in [0.5, 0.6) is 0 Å². The summed E-state index contributed by atoms with van der Waals surface area (Å²) < 4.78 is 0. The Balaban J connectivity index is 2.15. The van der Waals surface area contributed by atoms with Gasteiger partial charge < -0.3 is 5.32 Å². The van der Waals surface area contributed by atoms with Gasteiger partial charge in [-0.15, -0.1) is 10.2 Å². The number of benzene rings is 1. The summed E-state index contributed by atoms with van der Waals surface area (Å²) in [5.74, 6) is 0.160. The monoisotopic (exact) mass is 265 g/mol. The highest BCUT2D eigenvalue weighted by Crippen LogP contribution is 2.20. The van der Waals surface area contributed by atoms with Gasteiger partial charge in [-0.05, 0) is 25.5 Å². The quantitative estimate of drug-likeness (QED) is 0.884. The third-order valence-electron chi connectivity index (χ3n) is 2.53. The molecule has 1 heterocycles. The third kappa shape index (κ3) is 2.48. The number of amides is 1. The van der Waals surface area contributed by atoms with Crippen molar-refractivity contribution in [2.45, 2.75) is 19.9 Å². The summed E-state index contributed by atoms with van der Waals surface area (Å²) in [5, 5.41) is 16.6. The Morgan fingerprint density at radius 2 is 2.28 bits per heavy atom. The molecule has 1 amide bonds. The summed E-state index contributed by atoms with van der Waals surface area (Å²) in [5.41, 5.74) is 1.29. The zero-order valence-corrected chi connectivity index (χ0v) is 10.7. The molecule has 1 aromatic carbocycles. The van der Waals surface area contributed by atoms with Crippen LogP contribution < -0.4 is 5.32 Å². The fourth-order valence-corrected chi connectivity index (χ4v) is 1.73. The topological polar surface area (TPSA) is 83.6 Å². The van der Waals surface area contributed by atoms with Gasteiger partial charge in [0.05, 0.1) is 16.6 Å². The number of aromatic nitrogens is 4. The maximum absolute atomic E-state index is 12.0. The predicted molar refractivity (Wildman–Crippen MR) is 66.2 cm³/mol. The van der Waals surface area contributed by atoms with Crippen molar-refractivity contribution >= 4 is 17.5 Å². The minimum atomic E-state index is -0.340. The van der Waals surface area contributed by atoms with Gasteiger partial charge in [0, 0.05) is 0 Å². The molecule has 1 atom stereocenters. The van der Waals surface area contributed by atoms with Crippen LogP contribution in [0, 0.1) is 6.92 Å². The lowest BCUT2D eigenvalue weighted by molar-refractivity contribution is 0.0938. The number of H-pyrrole nitrogens is 1. The van der Waals surface area contributed by atoms with E-state index in [2.05, 4.69) is 25.9 Å². The van der Waals surface area contributed by atoms with E-state index in [1.54, 1.807) is 19.1 Å². The SMILES string of the molecule is Cc1cccc(C(=O)NC(C)c2nn[nH]n2)c1Cl. The fourth-order valence-electron chi connectivity index (χ4n) is 1.51. The smallest absolute Gasteiger partial charge is 0.253 e. The van der Waals surface area contributed by atoms with E-state index in [1.165, 1.54) is 0 Å². The first kappa shape index (κ1) is 12.5. The van der Waals surface area contributed by atoms with E-state index in [4.69, 9.17) is 11.6 Å². The molecular weight excluding hydrogens is 254 g/mol. The molecule has 0 fully saturated rings. The van der Waals surface area contributed by atoms with Crippen LogP contribution in [0.1, 0.15) is 34.7 Å². The van der Waals surface area contributed by atoms with Crippen molar-refractivity contribution in [3.8, 4) is 0 Å². The standard InChI is InChI=1S/C11H12ClN5O/c1-6-4-3-5-8(9(6)12)11(18)13-7(2)10-14-16-17-15-10/h3-5,7H,1-2H3,(H,13,18)(H,14,15,16,17). The summed E-state index contributed by atoms with van der Waals surface area (Å²) >= 11 is 6.09. The molecule has 0 saturated carbocycles. The number of aryl methyl sites for hydroxylation is 1. The van der Waals surface area contributed by atoms with Gasteiger partial charge in [-0.2, -0.15) is 5.21 Å². The predicted octanol–water partition coefficient (Wildman–Crippen LogP) is 1.65. The van der Waals surface area contributed by atoms with Gasteiger partial charge in [0.1, 0.15) is 0 Å². The van der Waals surface area contributed by atoms with Crippen molar-refractivity contribution in [1.29, 1.82) is 0 Å². The first-order valence-electron chi connectivity index (χ1n) is 5.39. The third-order valence-corrected chi connectivity index (χ3v) is 3.03. The molecule has 0 radical (unpaired) electrons. The summed E-state index contributed by atoms with van der Waals surface area (Å²) in [6.45, 7) is 3.62. The Bertz CT molecular complexity index is 555. The largest absolute Gasteiger partial charge is 0.342 e. The van der Waals surface area contributed by atoms with Gasteiger partial charge in [-0.1, -0.05) is 28.9 Å². The summed E-state index contributed by atoms with van der Waals surface area (Å²) in [6.07, 6.45) is 0. The molecule has 2 rings (SSSR count). The van der Waals surface area contributed by atoms with Crippen molar-refractivity contribution in [1.82, 2.24) is 25.9 Å². The summed E-state index contributed by atoms with van der Waals surface area (Å²) in [7, 11) is 0. The number of carbonyl (C=O) groups excluding carboxylic acids is 1. The van der Waals surface area contributed by atoms with E-state index in [0.717, 1.165) is 5.56 Å². The van der Waals surface area contributed by atoms with E-state index in [0.29, 0.717) is 16.4 Å². The zero-order chi connectivity index (χ0) is 13.1. The number of nitrogens with one attached hydrogen (secondary N) is 2. The molecule has 0 bridgehead atoms. The second-order valence-electron chi connectivity index (χ2n) is 3.90. The molecule has 1 aromatic heterocycles. The van der Waals surface area contributed by atoms with Crippen LogP contribution in [0.3, 0.4) is 0 Å². The molecule has 1 unspecified atom stereocenters. The van der Waals surface area contributed by atoms with Crippen molar-refractivity contribution < 1.29 is 4.79 Å². The first-order chi connectivity index (χ1) is 8.59. The Morgan fingerprint density at radius 1 is 1.50 bits per heavy atom. The van der Waals surface area contributed by atoms with Gasteiger partial charge >= 0.3 is 0 Å². The van der Waals surface area contributed by atoms with E-state index < -0.39 is 0 Å². The number of rotatable bonds is 3. The molecule has 18 heavy (non-hydrogen) atoms. The summed E-state index contributed by atoms with van der Waals surface area (Å²) in [6, 6.07) is 4.97. The number of carbonyl (C=O) groups is 1. The van der Waals surface area contributed by atoms with Gasteiger partial charge in [-0.3, -0.25) is 4.79 Å². The van der Waals surface area contributed by atoms with Crippen LogP contribution >= 0.6 is 11.6 Å². The Labute approximate surface area is 109 Å². The molecule has 6 nitrogen and oxygen atoms in total. The average molecular weight is 266 g/mol. The second kappa shape index (κ2) is 5.14. The van der Waals surface area contributed by atoms with Crippen LogP contribution in [-0.2, 0) is 0 Å². The number of aromatic amines is 1. The van der Waals surface area contributed by atoms with Crippen LogP contribution in [0.4, 0.5) is 0 Å². The normalized spacial score (nSPS) is 12.2.